The molecule has 76 heavy (non-hydrogen) atoms. The predicted octanol–water partition coefficient (Wildman–Crippen LogP) is -1.97. The van der Waals surface area contributed by atoms with E-state index in [0.717, 1.165) is 6.42 Å². The number of unbranched alkanes of at least 4 members (excludes halogenated alkanes) is 1. The van der Waals surface area contributed by atoms with E-state index in [4.69, 9.17) is 17.2 Å². The van der Waals surface area contributed by atoms with Gasteiger partial charge in [-0.25, -0.2) is 4.79 Å². The van der Waals surface area contributed by atoms with E-state index in [2.05, 4.69) is 42.5 Å². The monoisotopic (exact) mass is 1060 g/mol. The van der Waals surface area contributed by atoms with E-state index >= 15 is 0 Å². The Morgan fingerprint density at radius 1 is 0.618 bits per heavy atom. The first kappa shape index (κ1) is 61.1. The Hall–Kier alpha value is -7.47. The lowest BCUT2D eigenvalue weighted by atomic mass is 10.0. The Balaban J connectivity index is 1.56. The van der Waals surface area contributed by atoms with E-state index in [9.17, 15) is 57.8 Å². The molecule has 0 aromatic heterocycles. The highest BCUT2D eigenvalue weighted by Crippen LogP contribution is 2.21. The zero-order chi connectivity index (χ0) is 55.7. The highest BCUT2D eigenvalue weighted by atomic mass is 16.4. The second-order valence-corrected chi connectivity index (χ2v) is 19.6. The summed E-state index contributed by atoms with van der Waals surface area (Å²) in [7, 11) is 0. The van der Waals surface area contributed by atoms with Crippen LogP contribution >= 0.6 is 0 Å². The summed E-state index contributed by atoms with van der Waals surface area (Å²) < 4.78 is 0. The third-order valence-electron chi connectivity index (χ3n) is 13.0. The summed E-state index contributed by atoms with van der Waals surface area (Å²) in [5.74, 6) is -8.93. The van der Waals surface area contributed by atoms with Crippen LogP contribution in [-0.2, 0) is 65.6 Å². The van der Waals surface area contributed by atoms with E-state index in [1.165, 1.54) is 4.90 Å². The van der Waals surface area contributed by atoms with Crippen molar-refractivity contribution in [3.05, 3.63) is 71.8 Å². The van der Waals surface area contributed by atoms with Gasteiger partial charge in [0.1, 0.15) is 42.3 Å². The fourth-order valence-electron chi connectivity index (χ4n) is 8.98. The Kier molecular flexibility index (Phi) is 25.3. The van der Waals surface area contributed by atoms with Crippen molar-refractivity contribution in [3.63, 3.8) is 0 Å². The van der Waals surface area contributed by atoms with Crippen LogP contribution in [0.1, 0.15) is 102 Å². The summed E-state index contributed by atoms with van der Waals surface area (Å²) in [6.07, 6.45) is 1.79. The third-order valence-corrected chi connectivity index (χ3v) is 13.0. The lowest BCUT2D eigenvalue weighted by Crippen LogP contribution is -2.60. The van der Waals surface area contributed by atoms with Crippen LogP contribution in [0.25, 0.3) is 0 Å². The number of carbonyl (C=O) groups is 11. The molecule has 24 nitrogen and oxygen atoms in total. The van der Waals surface area contributed by atoms with Crippen LogP contribution in [-0.4, -0.2) is 150 Å². The molecule has 15 N–H and O–H groups in total. The number of nitrogens with two attached hydrogens (primary N) is 3. The molecule has 2 aromatic carbocycles. The van der Waals surface area contributed by atoms with E-state index in [1.54, 1.807) is 74.5 Å². The number of rotatable bonds is 32. The second kappa shape index (κ2) is 31.4. The quantitative estimate of drug-likeness (QED) is 0.0354. The van der Waals surface area contributed by atoms with Crippen molar-refractivity contribution >= 4 is 65.0 Å². The van der Waals surface area contributed by atoms with E-state index in [0.29, 0.717) is 49.9 Å². The van der Waals surface area contributed by atoms with Gasteiger partial charge in [-0.05, 0) is 94.3 Å². The number of carbonyl (C=O) groups excluding carboxylic acids is 10. The third kappa shape index (κ3) is 20.7. The molecule has 416 valence electrons. The molecule has 24 heteroatoms. The summed E-state index contributed by atoms with van der Waals surface area (Å²) in [6.45, 7) is 4.16. The number of hydrogen-bond acceptors (Lipinski definition) is 13. The van der Waals surface area contributed by atoms with Gasteiger partial charge in [-0.1, -0.05) is 74.5 Å². The largest absolute Gasteiger partial charge is 0.480 e. The lowest BCUT2D eigenvalue weighted by molar-refractivity contribution is -0.142. The fourth-order valence-corrected chi connectivity index (χ4v) is 8.98. The minimum atomic E-state index is -1.58. The molecule has 2 aliphatic rings. The van der Waals surface area contributed by atoms with Gasteiger partial charge in [0.05, 0.1) is 12.6 Å². The molecule has 2 fully saturated rings. The van der Waals surface area contributed by atoms with E-state index in [1.807, 2.05) is 0 Å². The molecule has 2 aromatic rings. The first-order valence-corrected chi connectivity index (χ1v) is 26.0. The Bertz CT molecular complexity index is 2320. The van der Waals surface area contributed by atoms with Crippen LogP contribution in [0.5, 0.6) is 0 Å². The minimum Gasteiger partial charge on any atom is -0.480 e. The van der Waals surface area contributed by atoms with Gasteiger partial charge in [0, 0.05) is 32.2 Å². The van der Waals surface area contributed by atoms with Crippen LogP contribution in [0.2, 0.25) is 0 Å². The number of carboxylic acid groups (broad SMARTS) is 1. The first-order valence-electron chi connectivity index (χ1n) is 26.0. The van der Waals surface area contributed by atoms with Gasteiger partial charge in [0.15, 0.2) is 0 Å². The number of benzene rings is 2. The van der Waals surface area contributed by atoms with Crippen LogP contribution in [0.15, 0.2) is 60.7 Å². The SMILES string of the molecule is CC(C)C[C@H](NC(=O)CNC(=O)[C@H](Cc1ccccc1)NC(=O)[C@H](Cc1ccccc1)NC(=O)[C@H](CCC(N)=O)NC(=O)[C@H](CCC(N)=O)NC(=O)[C@@H]1CCCN1C(=O)[C@H](CCCCN)NC(=O)[C@@H]1CCCN1)C(=O)O. The zero-order valence-corrected chi connectivity index (χ0v) is 43.3. The number of likely N-dealkylation sites (tertiary alicyclic amines) is 1. The van der Waals surface area contributed by atoms with Gasteiger partial charge in [0.25, 0.3) is 0 Å². The number of nitrogens with one attached hydrogen (secondary N) is 8. The molecule has 2 aliphatic heterocycles. The van der Waals surface area contributed by atoms with Crippen molar-refractivity contribution in [2.45, 2.75) is 152 Å². The number of hydrogen-bond donors (Lipinski definition) is 12. The van der Waals surface area contributed by atoms with E-state index in [-0.39, 0.29) is 63.3 Å². The molecule has 2 saturated heterocycles. The van der Waals surface area contributed by atoms with Crippen molar-refractivity contribution in [3.8, 4) is 0 Å². The number of nitrogens with zero attached hydrogens (tertiary/aromatic N) is 1. The molecule has 8 atom stereocenters. The summed E-state index contributed by atoms with van der Waals surface area (Å²) >= 11 is 0. The van der Waals surface area contributed by atoms with Crippen LogP contribution in [0.3, 0.4) is 0 Å². The van der Waals surface area contributed by atoms with Gasteiger partial charge in [-0.15, -0.1) is 0 Å². The van der Waals surface area contributed by atoms with Crippen molar-refractivity contribution in [1.29, 1.82) is 0 Å². The fraction of sp³-hybridized carbons (Fsp3) is 0.558. The smallest absolute Gasteiger partial charge is 0.326 e. The summed E-state index contributed by atoms with van der Waals surface area (Å²) in [6, 6.07) is 7.51. The van der Waals surface area contributed by atoms with Gasteiger partial charge in [-0.2, -0.15) is 0 Å². The normalized spacial score (nSPS) is 17.4. The maximum atomic E-state index is 14.4. The lowest BCUT2D eigenvalue weighted by Gasteiger charge is -2.30. The number of carboxylic acids is 1. The van der Waals surface area contributed by atoms with Crippen molar-refractivity contribution < 1.29 is 57.8 Å². The maximum Gasteiger partial charge on any atom is 0.326 e. The van der Waals surface area contributed by atoms with Crippen LogP contribution in [0.4, 0.5) is 0 Å². The van der Waals surface area contributed by atoms with Crippen molar-refractivity contribution in [2.24, 2.45) is 23.1 Å². The molecule has 10 amide bonds. The number of amides is 10. The Labute approximate surface area is 442 Å². The summed E-state index contributed by atoms with van der Waals surface area (Å²) in [5.41, 5.74) is 17.9. The molecular weight excluding hydrogens is 985 g/mol. The molecule has 0 radical (unpaired) electrons. The van der Waals surface area contributed by atoms with Gasteiger partial charge < -0.3 is 69.7 Å². The highest BCUT2D eigenvalue weighted by molar-refractivity contribution is 5.98. The van der Waals surface area contributed by atoms with E-state index < -0.39 is 127 Å². The van der Waals surface area contributed by atoms with Crippen molar-refractivity contribution in [1.82, 2.24) is 47.4 Å². The predicted molar refractivity (Wildman–Crippen MR) is 277 cm³/mol. The molecule has 2 heterocycles. The molecular formula is C52H76N12O12. The molecule has 4 rings (SSSR count). The zero-order valence-electron chi connectivity index (χ0n) is 43.3. The highest BCUT2D eigenvalue weighted by Gasteiger charge is 2.40. The molecule has 0 aliphatic carbocycles. The van der Waals surface area contributed by atoms with Gasteiger partial charge >= 0.3 is 5.97 Å². The van der Waals surface area contributed by atoms with Crippen molar-refractivity contribution in [2.75, 3.05) is 26.2 Å². The number of aliphatic carboxylic acids is 1. The molecule has 0 bridgehead atoms. The standard InChI is InChI=1S/C52H76N12O12/c1-31(2)27-40(52(75)76)58-44(67)30-57-45(68)38(28-32-13-5-3-6-14-32)62-49(72)39(29-33-15-7-4-8-16-33)63-48(71)35(20-22-42(54)65)59-47(70)36(21-23-43(55)66)60-50(73)41-19-12-26-64(41)51(74)37(17-9-10-24-53)61-46(69)34-18-11-25-56-34/h3-8,13-16,31,34-41,56H,9-12,17-30,53H2,1-2H3,(H2,54,65)(H2,55,66)(H,57,68)(H,58,67)(H,59,70)(H,60,73)(H,61,69)(H,62,72)(H,63,71)(H,75,76)/t34-,35-,36-,37-,38-,39-,40-,41-/m0/s1. The van der Waals surface area contributed by atoms with Gasteiger partial charge in [-0.3, -0.25) is 47.9 Å². The minimum absolute atomic E-state index is 0.0652. The molecule has 0 saturated carbocycles. The topological polar surface area (TPSA) is 386 Å². The average Bonchev–Trinajstić information content (AvgIpc) is 4.12. The van der Waals surface area contributed by atoms with Crippen LogP contribution in [0, 0.1) is 5.92 Å². The van der Waals surface area contributed by atoms with Gasteiger partial charge in [0.2, 0.25) is 59.1 Å². The summed E-state index contributed by atoms with van der Waals surface area (Å²) in [4.78, 5) is 148. The summed E-state index contributed by atoms with van der Waals surface area (Å²) in [5, 5.41) is 30.9. The van der Waals surface area contributed by atoms with Crippen LogP contribution < -0.4 is 59.7 Å². The maximum absolute atomic E-state index is 14.4. The second-order valence-electron chi connectivity index (χ2n) is 19.6. The molecule has 0 spiro atoms. The Morgan fingerprint density at radius 3 is 1.66 bits per heavy atom. The molecule has 0 unspecified atom stereocenters. The Morgan fingerprint density at radius 2 is 1.14 bits per heavy atom. The average molecular weight is 1060 g/mol. The number of primary amides is 2. The first-order chi connectivity index (χ1) is 36.3.